The molecule has 0 spiro atoms. The van der Waals surface area contributed by atoms with Crippen LogP contribution in [0.25, 0.3) is 0 Å². The molecule has 0 atom stereocenters. The second-order valence-electron chi connectivity index (χ2n) is 4.66. The van der Waals surface area contributed by atoms with Crippen LogP contribution in [0.15, 0.2) is 18.2 Å². The number of methoxy groups -OCH3 is 2. The molecule has 18 heavy (non-hydrogen) atoms. The highest BCUT2D eigenvalue weighted by Crippen LogP contribution is 2.34. The Bertz CT molecular complexity index is 401. The average molecular weight is 253 g/mol. The van der Waals surface area contributed by atoms with Gasteiger partial charge in [-0.25, -0.2) is 4.79 Å². The molecule has 100 valence electrons. The molecule has 1 aromatic carbocycles. The van der Waals surface area contributed by atoms with Crippen LogP contribution in [-0.4, -0.2) is 25.9 Å². The first-order valence-corrected chi connectivity index (χ1v) is 5.58. The van der Waals surface area contributed by atoms with Gasteiger partial charge in [-0.15, -0.1) is 0 Å². The fourth-order valence-corrected chi connectivity index (χ4v) is 1.38. The van der Waals surface area contributed by atoms with Gasteiger partial charge in [0.2, 0.25) is 0 Å². The van der Waals surface area contributed by atoms with E-state index in [0.29, 0.717) is 17.2 Å². The maximum atomic E-state index is 11.7. The molecule has 5 nitrogen and oxygen atoms in total. The van der Waals surface area contributed by atoms with E-state index in [1.165, 1.54) is 14.2 Å². The van der Waals surface area contributed by atoms with Crippen LogP contribution in [0, 0.1) is 0 Å². The first-order valence-electron chi connectivity index (χ1n) is 5.58. The predicted molar refractivity (Wildman–Crippen MR) is 69.4 cm³/mol. The number of hydrogen-bond donors (Lipinski definition) is 1. The standard InChI is InChI=1S/C13H19NO4/c1-13(2,3)18-12(15)14-11-9(16-4)7-6-8-10(11)17-5/h6-8H,1-5H3,(H,14,15). The van der Waals surface area contributed by atoms with Gasteiger partial charge >= 0.3 is 6.09 Å². The molecule has 0 aliphatic rings. The third-order valence-corrected chi connectivity index (χ3v) is 2.05. The van der Waals surface area contributed by atoms with E-state index in [9.17, 15) is 4.79 Å². The molecular formula is C13H19NO4. The van der Waals surface area contributed by atoms with Crippen molar-refractivity contribution in [2.75, 3.05) is 19.5 Å². The molecule has 0 aliphatic carbocycles. The molecule has 0 aromatic heterocycles. The van der Waals surface area contributed by atoms with Crippen molar-refractivity contribution in [2.24, 2.45) is 0 Å². The lowest BCUT2D eigenvalue weighted by Gasteiger charge is -2.21. The minimum Gasteiger partial charge on any atom is -0.494 e. The summed E-state index contributed by atoms with van der Waals surface area (Å²) >= 11 is 0. The smallest absolute Gasteiger partial charge is 0.412 e. The lowest BCUT2D eigenvalue weighted by Crippen LogP contribution is -2.27. The van der Waals surface area contributed by atoms with E-state index in [0.717, 1.165) is 0 Å². The van der Waals surface area contributed by atoms with E-state index < -0.39 is 11.7 Å². The first-order chi connectivity index (χ1) is 8.37. The fraction of sp³-hybridized carbons (Fsp3) is 0.462. The van der Waals surface area contributed by atoms with Gasteiger partial charge in [-0.05, 0) is 32.9 Å². The van der Waals surface area contributed by atoms with Crippen molar-refractivity contribution in [3.05, 3.63) is 18.2 Å². The van der Waals surface area contributed by atoms with Gasteiger partial charge in [0.15, 0.2) is 0 Å². The molecule has 0 aliphatic heterocycles. The minimum absolute atomic E-state index is 0.455. The van der Waals surface area contributed by atoms with E-state index in [1.807, 2.05) is 0 Å². The molecule has 1 aromatic rings. The van der Waals surface area contributed by atoms with Gasteiger partial charge in [-0.3, -0.25) is 5.32 Å². The van der Waals surface area contributed by atoms with Crippen LogP contribution >= 0.6 is 0 Å². The van der Waals surface area contributed by atoms with Gasteiger partial charge in [0.1, 0.15) is 22.8 Å². The van der Waals surface area contributed by atoms with Crippen LogP contribution in [0.3, 0.4) is 0 Å². The summed E-state index contributed by atoms with van der Waals surface area (Å²) in [5.74, 6) is 1.03. The zero-order valence-electron chi connectivity index (χ0n) is 11.4. The van der Waals surface area contributed by atoms with Gasteiger partial charge in [-0.2, -0.15) is 0 Å². The second-order valence-corrected chi connectivity index (χ2v) is 4.66. The zero-order valence-corrected chi connectivity index (χ0v) is 11.4. The molecule has 5 heteroatoms. The van der Waals surface area contributed by atoms with Crippen molar-refractivity contribution < 1.29 is 19.0 Å². The fourth-order valence-electron chi connectivity index (χ4n) is 1.38. The molecule has 1 N–H and O–H groups in total. The molecule has 1 amide bonds. The zero-order chi connectivity index (χ0) is 13.8. The summed E-state index contributed by atoms with van der Waals surface area (Å²) in [5, 5.41) is 2.63. The Hall–Kier alpha value is -1.91. The summed E-state index contributed by atoms with van der Waals surface area (Å²) in [6, 6.07) is 5.24. The summed E-state index contributed by atoms with van der Waals surface area (Å²) in [6.07, 6.45) is -0.551. The molecule has 0 saturated carbocycles. The molecular weight excluding hydrogens is 234 g/mol. The third kappa shape index (κ3) is 3.84. The highest BCUT2D eigenvalue weighted by atomic mass is 16.6. The number of hydrogen-bond acceptors (Lipinski definition) is 4. The number of benzene rings is 1. The summed E-state index contributed by atoms with van der Waals surface area (Å²) < 4.78 is 15.5. The molecule has 0 unspecified atom stereocenters. The van der Waals surface area contributed by atoms with Crippen LogP contribution in [0.4, 0.5) is 10.5 Å². The van der Waals surface area contributed by atoms with Crippen LogP contribution in [0.2, 0.25) is 0 Å². The number of carbonyl (C=O) groups is 1. The van der Waals surface area contributed by atoms with E-state index in [1.54, 1.807) is 39.0 Å². The highest BCUT2D eigenvalue weighted by Gasteiger charge is 2.19. The van der Waals surface area contributed by atoms with Gasteiger partial charge in [0.25, 0.3) is 0 Å². The lowest BCUT2D eigenvalue weighted by atomic mass is 10.2. The molecule has 0 heterocycles. The molecule has 0 radical (unpaired) electrons. The van der Waals surface area contributed by atoms with Crippen molar-refractivity contribution in [1.29, 1.82) is 0 Å². The highest BCUT2D eigenvalue weighted by molar-refractivity contribution is 5.89. The Morgan fingerprint density at radius 1 is 1.11 bits per heavy atom. The molecule has 0 bridgehead atoms. The van der Waals surface area contributed by atoms with Gasteiger partial charge in [-0.1, -0.05) is 6.07 Å². The Morgan fingerprint density at radius 3 is 2.00 bits per heavy atom. The predicted octanol–water partition coefficient (Wildman–Crippen LogP) is 3.05. The van der Waals surface area contributed by atoms with Crippen molar-refractivity contribution in [1.82, 2.24) is 0 Å². The molecule has 0 fully saturated rings. The van der Waals surface area contributed by atoms with Crippen molar-refractivity contribution in [3.63, 3.8) is 0 Å². The summed E-state index contributed by atoms with van der Waals surface area (Å²) in [6.45, 7) is 5.39. The number of amides is 1. The van der Waals surface area contributed by atoms with Crippen molar-refractivity contribution in [3.8, 4) is 11.5 Å². The average Bonchev–Trinajstić information content (AvgIpc) is 2.26. The number of para-hydroxylation sites is 1. The van der Waals surface area contributed by atoms with E-state index >= 15 is 0 Å². The van der Waals surface area contributed by atoms with E-state index in [4.69, 9.17) is 14.2 Å². The Labute approximate surface area is 107 Å². The van der Waals surface area contributed by atoms with Crippen molar-refractivity contribution in [2.45, 2.75) is 26.4 Å². The molecule has 0 saturated heterocycles. The van der Waals surface area contributed by atoms with Crippen LogP contribution in [-0.2, 0) is 4.74 Å². The summed E-state index contributed by atoms with van der Waals surface area (Å²) in [7, 11) is 3.05. The Kier molecular flexibility index (Phi) is 4.42. The number of rotatable bonds is 3. The largest absolute Gasteiger partial charge is 0.494 e. The maximum absolute atomic E-state index is 11.7. The normalized spacial score (nSPS) is 10.7. The monoisotopic (exact) mass is 253 g/mol. The van der Waals surface area contributed by atoms with Crippen LogP contribution in [0.5, 0.6) is 11.5 Å². The number of anilines is 1. The van der Waals surface area contributed by atoms with Gasteiger partial charge in [0, 0.05) is 0 Å². The Balaban J connectivity index is 2.92. The van der Waals surface area contributed by atoms with Crippen LogP contribution in [0.1, 0.15) is 20.8 Å². The molecule has 1 rings (SSSR count). The van der Waals surface area contributed by atoms with E-state index in [-0.39, 0.29) is 0 Å². The van der Waals surface area contributed by atoms with Crippen molar-refractivity contribution >= 4 is 11.8 Å². The number of ether oxygens (including phenoxy) is 3. The third-order valence-electron chi connectivity index (χ3n) is 2.05. The maximum Gasteiger partial charge on any atom is 0.412 e. The minimum atomic E-state index is -0.556. The van der Waals surface area contributed by atoms with Gasteiger partial charge < -0.3 is 14.2 Å². The topological polar surface area (TPSA) is 56.8 Å². The number of carbonyl (C=O) groups excluding carboxylic acids is 1. The Morgan fingerprint density at radius 2 is 1.61 bits per heavy atom. The van der Waals surface area contributed by atoms with Gasteiger partial charge in [0.05, 0.1) is 14.2 Å². The quantitative estimate of drug-likeness (QED) is 0.899. The summed E-state index contributed by atoms with van der Waals surface area (Å²) in [5.41, 5.74) is -0.101. The van der Waals surface area contributed by atoms with E-state index in [2.05, 4.69) is 5.32 Å². The lowest BCUT2D eigenvalue weighted by molar-refractivity contribution is 0.0635. The number of nitrogens with one attached hydrogen (secondary N) is 1. The second kappa shape index (κ2) is 5.62. The SMILES string of the molecule is COc1cccc(OC)c1NC(=O)OC(C)(C)C. The van der Waals surface area contributed by atoms with Crippen LogP contribution < -0.4 is 14.8 Å². The first kappa shape index (κ1) is 14.2. The summed E-state index contributed by atoms with van der Waals surface area (Å²) in [4.78, 5) is 11.7.